The fraction of sp³-hybridized carbons (Fsp3) is 0.300. The van der Waals surface area contributed by atoms with Crippen molar-refractivity contribution in [3.63, 3.8) is 0 Å². The molecule has 1 spiro atoms. The van der Waals surface area contributed by atoms with E-state index in [0.717, 1.165) is 33.9 Å². The Morgan fingerprint density at radius 1 is 1.07 bits per heavy atom. The second kappa shape index (κ2) is 7.54. The van der Waals surface area contributed by atoms with Crippen molar-refractivity contribution in [3.8, 4) is 11.1 Å². The van der Waals surface area contributed by atoms with Gasteiger partial charge in [0.05, 0.1) is 0 Å². The molecule has 7 heteroatoms. The molecule has 5 nitrogen and oxygen atoms in total. The van der Waals surface area contributed by atoms with E-state index in [1.165, 1.54) is 0 Å². The second-order valence-electron chi connectivity index (χ2n) is 6.95. The SMILES string of the molecule is O=C1NC(=O)C2(CCCC2CNSc2ccc(-c3ccc(Cl)cc3)cc2)N1. The molecule has 2 atom stereocenters. The maximum atomic E-state index is 12.2. The summed E-state index contributed by atoms with van der Waals surface area (Å²) >= 11 is 7.48. The van der Waals surface area contributed by atoms with Gasteiger partial charge in [-0.15, -0.1) is 0 Å². The largest absolute Gasteiger partial charge is 0.323 e. The Hall–Kier alpha value is -2.02. The average Bonchev–Trinajstić information content (AvgIpc) is 3.19. The molecule has 2 aliphatic rings. The Kier molecular flexibility index (Phi) is 5.12. The number of urea groups is 1. The van der Waals surface area contributed by atoms with Crippen molar-refractivity contribution in [2.45, 2.75) is 29.7 Å². The number of hydrogen-bond acceptors (Lipinski definition) is 4. The molecule has 0 aromatic heterocycles. The maximum Gasteiger partial charge on any atom is 0.322 e. The molecule has 4 rings (SSSR count). The van der Waals surface area contributed by atoms with Crippen LogP contribution >= 0.6 is 23.5 Å². The standard InChI is InChI=1S/C20H20ClN3O2S/c21-16-7-3-13(4-8-16)14-5-9-17(10-6-14)27-22-12-15-2-1-11-20(15)18(25)23-19(26)24-20/h3-10,15,22H,1-2,11-12H2,(H2,23,24,25,26). The van der Waals surface area contributed by atoms with Crippen molar-refractivity contribution in [2.75, 3.05) is 6.54 Å². The van der Waals surface area contributed by atoms with E-state index in [0.29, 0.717) is 13.0 Å². The molecule has 2 unspecified atom stereocenters. The predicted octanol–water partition coefficient (Wildman–Crippen LogP) is 3.98. The number of hydrogen-bond donors (Lipinski definition) is 3. The van der Waals surface area contributed by atoms with Crippen LogP contribution in [-0.2, 0) is 4.79 Å². The predicted molar refractivity (Wildman–Crippen MR) is 107 cm³/mol. The van der Waals surface area contributed by atoms with Gasteiger partial charge in [-0.1, -0.05) is 42.3 Å². The maximum absolute atomic E-state index is 12.2. The minimum Gasteiger partial charge on any atom is -0.323 e. The van der Waals surface area contributed by atoms with Gasteiger partial charge >= 0.3 is 6.03 Å². The second-order valence-corrected chi connectivity index (χ2v) is 8.35. The highest BCUT2D eigenvalue weighted by Crippen LogP contribution is 2.38. The molecule has 27 heavy (non-hydrogen) atoms. The summed E-state index contributed by atoms with van der Waals surface area (Å²) in [6.07, 6.45) is 2.58. The molecule has 0 radical (unpaired) electrons. The molecular formula is C20H20ClN3O2S. The van der Waals surface area contributed by atoms with Gasteiger partial charge in [-0.25, -0.2) is 4.79 Å². The number of halogens is 1. The first kappa shape index (κ1) is 18.3. The molecule has 1 heterocycles. The minimum absolute atomic E-state index is 0.102. The monoisotopic (exact) mass is 401 g/mol. The van der Waals surface area contributed by atoms with Gasteiger partial charge in [0.1, 0.15) is 5.54 Å². The molecule has 1 aliphatic carbocycles. The first-order valence-electron chi connectivity index (χ1n) is 8.96. The number of imide groups is 1. The molecule has 2 aromatic carbocycles. The molecule has 0 bridgehead atoms. The highest BCUT2D eigenvalue weighted by atomic mass is 35.5. The zero-order chi connectivity index (χ0) is 18.9. The number of rotatable bonds is 5. The topological polar surface area (TPSA) is 70.2 Å². The van der Waals surface area contributed by atoms with Crippen LogP contribution in [0.1, 0.15) is 19.3 Å². The first-order valence-corrected chi connectivity index (χ1v) is 10.2. The van der Waals surface area contributed by atoms with Gasteiger partial charge in [0.25, 0.3) is 5.91 Å². The molecule has 1 saturated carbocycles. The van der Waals surface area contributed by atoms with Gasteiger partial charge in [-0.2, -0.15) is 0 Å². The lowest BCUT2D eigenvalue weighted by Gasteiger charge is -2.28. The molecule has 2 aromatic rings. The third-order valence-corrected chi connectivity index (χ3v) is 6.41. The van der Waals surface area contributed by atoms with Crippen molar-refractivity contribution in [1.82, 2.24) is 15.4 Å². The zero-order valence-corrected chi connectivity index (χ0v) is 16.2. The van der Waals surface area contributed by atoms with Crippen molar-refractivity contribution in [3.05, 3.63) is 53.6 Å². The summed E-state index contributed by atoms with van der Waals surface area (Å²) < 4.78 is 3.36. The quantitative estimate of drug-likeness (QED) is 0.523. The third kappa shape index (κ3) is 3.70. The van der Waals surface area contributed by atoms with Crippen LogP contribution in [0, 0.1) is 5.92 Å². The van der Waals surface area contributed by atoms with E-state index in [1.54, 1.807) is 11.9 Å². The Bertz CT molecular complexity index is 857. The van der Waals surface area contributed by atoms with Gasteiger partial charge in [0, 0.05) is 22.4 Å². The summed E-state index contributed by atoms with van der Waals surface area (Å²) in [5.41, 5.74) is 1.53. The van der Waals surface area contributed by atoms with E-state index >= 15 is 0 Å². The molecule has 2 fully saturated rings. The number of benzene rings is 2. The Balaban J connectivity index is 1.35. The summed E-state index contributed by atoms with van der Waals surface area (Å²) in [6.45, 7) is 0.664. The zero-order valence-electron chi connectivity index (χ0n) is 14.6. The summed E-state index contributed by atoms with van der Waals surface area (Å²) in [7, 11) is 0. The van der Waals surface area contributed by atoms with E-state index in [4.69, 9.17) is 11.6 Å². The fourth-order valence-electron chi connectivity index (χ4n) is 3.91. The molecule has 140 valence electrons. The van der Waals surface area contributed by atoms with Gasteiger partial charge < -0.3 is 5.32 Å². The van der Waals surface area contributed by atoms with Crippen molar-refractivity contribution >= 4 is 35.5 Å². The molecule has 3 N–H and O–H groups in total. The van der Waals surface area contributed by atoms with Gasteiger partial charge in [0.15, 0.2) is 0 Å². The van der Waals surface area contributed by atoms with Crippen LogP contribution in [0.5, 0.6) is 0 Å². The van der Waals surface area contributed by atoms with E-state index in [-0.39, 0.29) is 17.9 Å². The summed E-state index contributed by atoms with van der Waals surface area (Å²) in [6, 6.07) is 15.7. The van der Waals surface area contributed by atoms with Crippen LogP contribution in [0.4, 0.5) is 4.79 Å². The molecule has 1 aliphatic heterocycles. The molecule has 1 saturated heterocycles. The van der Waals surface area contributed by atoms with E-state index in [9.17, 15) is 9.59 Å². The lowest BCUT2D eigenvalue weighted by molar-refractivity contribution is -0.125. The lowest BCUT2D eigenvalue weighted by atomic mass is 9.87. The fourth-order valence-corrected chi connectivity index (χ4v) is 4.76. The normalized spacial score (nSPS) is 24.3. The van der Waals surface area contributed by atoms with E-state index in [2.05, 4.69) is 39.6 Å². The molecular weight excluding hydrogens is 382 g/mol. The Morgan fingerprint density at radius 3 is 2.37 bits per heavy atom. The van der Waals surface area contributed by atoms with E-state index < -0.39 is 5.54 Å². The Morgan fingerprint density at radius 2 is 1.74 bits per heavy atom. The van der Waals surface area contributed by atoms with Crippen LogP contribution in [0.15, 0.2) is 53.4 Å². The van der Waals surface area contributed by atoms with Crippen molar-refractivity contribution in [2.24, 2.45) is 5.92 Å². The van der Waals surface area contributed by atoms with Crippen LogP contribution in [0.3, 0.4) is 0 Å². The number of carbonyl (C=O) groups is 2. The van der Waals surface area contributed by atoms with Crippen molar-refractivity contribution in [1.29, 1.82) is 0 Å². The Labute approximate surface area is 167 Å². The first-order chi connectivity index (χ1) is 13.1. The number of nitrogens with one attached hydrogen (secondary N) is 3. The van der Waals surface area contributed by atoms with Crippen LogP contribution < -0.4 is 15.4 Å². The average molecular weight is 402 g/mol. The van der Waals surface area contributed by atoms with Crippen LogP contribution in [-0.4, -0.2) is 24.0 Å². The van der Waals surface area contributed by atoms with Gasteiger partial charge in [-0.3, -0.25) is 14.8 Å². The van der Waals surface area contributed by atoms with Crippen LogP contribution in [0.2, 0.25) is 5.02 Å². The summed E-state index contributed by atoms with van der Waals surface area (Å²) in [5.74, 6) is -0.0843. The van der Waals surface area contributed by atoms with Crippen molar-refractivity contribution < 1.29 is 9.59 Å². The van der Waals surface area contributed by atoms with E-state index in [1.807, 2.05) is 24.3 Å². The smallest absolute Gasteiger partial charge is 0.322 e. The highest BCUT2D eigenvalue weighted by molar-refractivity contribution is 7.97. The number of amides is 3. The summed E-state index contributed by atoms with van der Waals surface area (Å²) in [5, 5.41) is 5.96. The van der Waals surface area contributed by atoms with Crippen LogP contribution in [0.25, 0.3) is 11.1 Å². The summed E-state index contributed by atoms with van der Waals surface area (Å²) in [4.78, 5) is 24.9. The van der Waals surface area contributed by atoms with Gasteiger partial charge in [-0.05, 0) is 60.2 Å². The number of carbonyl (C=O) groups excluding carboxylic acids is 2. The highest BCUT2D eigenvalue weighted by Gasteiger charge is 2.53. The minimum atomic E-state index is -0.733. The lowest BCUT2D eigenvalue weighted by Crippen LogP contribution is -2.52. The molecule has 3 amide bonds. The third-order valence-electron chi connectivity index (χ3n) is 5.34. The van der Waals surface area contributed by atoms with Gasteiger partial charge in [0.2, 0.25) is 0 Å².